The molecule has 1 atom stereocenters. The van der Waals surface area contributed by atoms with E-state index >= 15 is 0 Å². The molecule has 1 unspecified atom stereocenters. The van der Waals surface area contributed by atoms with E-state index in [-0.39, 0.29) is 24.2 Å². The Morgan fingerprint density at radius 1 is 1.16 bits per heavy atom. The normalized spacial score (nSPS) is 18.9. The van der Waals surface area contributed by atoms with E-state index in [4.69, 9.17) is 9.47 Å². The van der Waals surface area contributed by atoms with Crippen LogP contribution in [0.5, 0.6) is 5.75 Å². The summed E-state index contributed by atoms with van der Waals surface area (Å²) in [6.45, 7) is 4.03. The zero-order valence-corrected chi connectivity index (χ0v) is 18.1. The second kappa shape index (κ2) is 9.39. The minimum atomic E-state index is -0.348. The highest BCUT2D eigenvalue weighted by atomic mass is 16.5. The Kier molecular flexibility index (Phi) is 6.42. The van der Waals surface area contributed by atoms with Crippen LogP contribution < -0.4 is 14.5 Å². The number of methoxy groups -OCH3 is 1. The number of amides is 2. The van der Waals surface area contributed by atoms with E-state index in [1.165, 1.54) is 0 Å². The molecule has 0 aromatic heterocycles. The Hall–Kier alpha value is -3.06. The number of hydrogen-bond acceptors (Lipinski definition) is 5. The van der Waals surface area contributed by atoms with Crippen LogP contribution in [0.3, 0.4) is 0 Å². The van der Waals surface area contributed by atoms with Gasteiger partial charge in [0.1, 0.15) is 5.75 Å². The van der Waals surface area contributed by atoms with Crippen molar-refractivity contribution < 1.29 is 19.1 Å². The standard InChI is InChI=1S/C24H29N3O4/c1-25(16-18-6-3-4-9-22(18)26-10-12-31-13-11-26)24(29)19-14-23(28)27(17-19)20-7-5-8-21(15-20)30-2/h3-9,15,19H,10-14,16-17H2,1-2H3. The maximum absolute atomic E-state index is 13.2. The van der Waals surface area contributed by atoms with Crippen molar-refractivity contribution in [3.05, 3.63) is 54.1 Å². The minimum Gasteiger partial charge on any atom is -0.497 e. The van der Waals surface area contributed by atoms with Gasteiger partial charge in [0.15, 0.2) is 0 Å². The highest BCUT2D eigenvalue weighted by Gasteiger charge is 2.36. The Morgan fingerprint density at radius 3 is 2.71 bits per heavy atom. The number of benzene rings is 2. The van der Waals surface area contributed by atoms with Gasteiger partial charge in [-0.3, -0.25) is 9.59 Å². The first kappa shape index (κ1) is 21.2. The number of carbonyl (C=O) groups is 2. The summed E-state index contributed by atoms with van der Waals surface area (Å²) in [5, 5.41) is 0. The molecular weight excluding hydrogens is 394 g/mol. The van der Waals surface area contributed by atoms with Gasteiger partial charge in [-0.1, -0.05) is 24.3 Å². The molecular formula is C24H29N3O4. The van der Waals surface area contributed by atoms with Crippen molar-refractivity contribution in [1.29, 1.82) is 0 Å². The van der Waals surface area contributed by atoms with Gasteiger partial charge in [0, 0.05) is 57.1 Å². The molecule has 7 nitrogen and oxygen atoms in total. The number of hydrogen-bond donors (Lipinski definition) is 0. The summed E-state index contributed by atoms with van der Waals surface area (Å²) in [4.78, 5) is 31.5. The molecule has 2 heterocycles. The maximum atomic E-state index is 13.2. The monoisotopic (exact) mass is 423 g/mol. The first-order chi connectivity index (χ1) is 15.1. The van der Waals surface area contributed by atoms with E-state index in [1.54, 1.807) is 16.9 Å². The molecule has 2 fully saturated rings. The average Bonchev–Trinajstić information content (AvgIpc) is 3.21. The fraction of sp³-hybridized carbons (Fsp3) is 0.417. The Morgan fingerprint density at radius 2 is 1.94 bits per heavy atom. The molecule has 2 amide bonds. The van der Waals surface area contributed by atoms with E-state index in [0.717, 1.165) is 30.0 Å². The molecule has 2 aromatic carbocycles. The summed E-state index contributed by atoms with van der Waals surface area (Å²) in [5.74, 6) is 0.306. The zero-order valence-electron chi connectivity index (χ0n) is 18.1. The van der Waals surface area contributed by atoms with E-state index < -0.39 is 0 Å². The highest BCUT2D eigenvalue weighted by Crippen LogP contribution is 2.29. The van der Waals surface area contributed by atoms with Crippen LogP contribution >= 0.6 is 0 Å². The van der Waals surface area contributed by atoms with Crippen LogP contribution in [0.1, 0.15) is 12.0 Å². The largest absolute Gasteiger partial charge is 0.497 e. The molecule has 164 valence electrons. The minimum absolute atomic E-state index is 0.00414. The van der Waals surface area contributed by atoms with Crippen LogP contribution in [0.15, 0.2) is 48.5 Å². The average molecular weight is 424 g/mol. The lowest BCUT2D eigenvalue weighted by Gasteiger charge is -2.31. The van der Waals surface area contributed by atoms with Gasteiger partial charge in [-0.2, -0.15) is 0 Å². The second-order valence-electron chi connectivity index (χ2n) is 8.03. The third-order valence-electron chi connectivity index (χ3n) is 5.97. The van der Waals surface area contributed by atoms with Crippen LogP contribution in [0.4, 0.5) is 11.4 Å². The number of anilines is 2. The van der Waals surface area contributed by atoms with Crippen LogP contribution in [-0.4, -0.2) is 63.7 Å². The highest BCUT2D eigenvalue weighted by molar-refractivity contribution is 6.00. The Bertz CT molecular complexity index is 942. The van der Waals surface area contributed by atoms with Gasteiger partial charge in [-0.25, -0.2) is 0 Å². The lowest BCUT2D eigenvalue weighted by atomic mass is 10.1. The number of morpholine rings is 1. The molecule has 2 aliphatic rings. The molecule has 0 spiro atoms. The van der Waals surface area contributed by atoms with Gasteiger partial charge >= 0.3 is 0 Å². The molecule has 2 aromatic rings. The van der Waals surface area contributed by atoms with Crippen molar-refractivity contribution >= 4 is 23.2 Å². The predicted octanol–water partition coefficient (Wildman–Crippen LogP) is 2.54. The molecule has 0 N–H and O–H groups in total. The molecule has 4 rings (SSSR count). The van der Waals surface area contributed by atoms with Crippen molar-refractivity contribution in [2.45, 2.75) is 13.0 Å². The molecule has 31 heavy (non-hydrogen) atoms. The smallest absolute Gasteiger partial charge is 0.228 e. The fourth-order valence-corrected chi connectivity index (χ4v) is 4.30. The predicted molar refractivity (Wildman–Crippen MR) is 119 cm³/mol. The maximum Gasteiger partial charge on any atom is 0.228 e. The summed E-state index contributed by atoms with van der Waals surface area (Å²) in [7, 11) is 3.41. The zero-order chi connectivity index (χ0) is 21.8. The fourth-order valence-electron chi connectivity index (χ4n) is 4.30. The van der Waals surface area contributed by atoms with Gasteiger partial charge in [-0.05, 0) is 23.8 Å². The van der Waals surface area contributed by atoms with Crippen molar-refractivity contribution in [2.24, 2.45) is 5.92 Å². The third kappa shape index (κ3) is 4.66. The molecule has 2 aliphatic heterocycles. The van der Waals surface area contributed by atoms with E-state index in [1.807, 2.05) is 43.4 Å². The summed E-state index contributed by atoms with van der Waals surface area (Å²) in [6.07, 6.45) is 0.228. The van der Waals surface area contributed by atoms with Crippen molar-refractivity contribution in [3.8, 4) is 5.75 Å². The molecule has 2 saturated heterocycles. The van der Waals surface area contributed by atoms with Crippen LogP contribution in [0.2, 0.25) is 0 Å². The first-order valence-corrected chi connectivity index (χ1v) is 10.7. The quantitative estimate of drug-likeness (QED) is 0.715. The molecule has 0 aliphatic carbocycles. The van der Waals surface area contributed by atoms with Gasteiger partial charge in [0.05, 0.1) is 26.2 Å². The van der Waals surface area contributed by atoms with Crippen LogP contribution in [0, 0.1) is 5.92 Å². The lowest BCUT2D eigenvalue weighted by molar-refractivity contribution is -0.135. The summed E-state index contributed by atoms with van der Waals surface area (Å²) in [5.41, 5.74) is 3.01. The first-order valence-electron chi connectivity index (χ1n) is 10.7. The molecule has 0 radical (unpaired) electrons. The summed E-state index contributed by atoms with van der Waals surface area (Å²) >= 11 is 0. The summed E-state index contributed by atoms with van der Waals surface area (Å²) < 4.78 is 10.7. The number of ether oxygens (including phenoxy) is 2. The molecule has 0 bridgehead atoms. The van der Waals surface area contributed by atoms with Gasteiger partial charge in [0.2, 0.25) is 11.8 Å². The Balaban J connectivity index is 1.44. The van der Waals surface area contributed by atoms with E-state index in [0.29, 0.717) is 32.1 Å². The third-order valence-corrected chi connectivity index (χ3v) is 5.97. The molecule has 7 heteroatoms. The van der Waals surface area contributed by atoms with Gasteiger partial charge in [-0.15, -0.1) is 0 Å². The SMILES string of the molecule is COc1cccc(N2CC(C(=O)N(C)Cc3ccccc3N3CCOCC3)CC2=O)c1. The second-order valence-corrected chi connectivity index (χ2v) is 8.03. The Labute approximate surface area is 183 Å². The van der Waals surface area contributed by atoms with Crippen molar-refractivity contribution in [2.75, 3.05) is 56.8 Å². The van der Waals surface area contributed by atoms with Crippen molar-refractivity contribution in [3.63, 3.8) is 0 Å². The topological polar surface area (TPSA) is 62.3 Å². The van der Waals surface area contributed by atoms with Crippen LogP contribution in [0.25, 0.3) is 0 Å². The van der Waals surface area contributed by atoms with Gasteiger partial charge < -0.3 is 24.2 Å². The molecule has 0 saturated carbocycles. The number of rotatable bonds is 6. The number of nitrogens with zero attached hydrogens (tertiary/aromatic N) is 3. The van der Waals surface area contributed by atoms with E-state index in [9.17, 15) is 9.59 Å². The van der Waals surface area contributed by atoms with Gasteiger partial charge in [0.25, 0.3) is 0 Å². The summed E-state index contributed by atoms with van der Waals surface area (Å²) in [6, 6.07) is 15.6. The number of carbonyl (C=O) groups excluding carboxylic acids is 2. The lowest BCUT2D eigenvalue weighted by Crippen LogP contribution is -2.38. The number of para-hydroxylation sites is 1. The van der Waals surface area contributed by atoms with Crippen molar-refractivity contribution in [1.82, 2.24) is 4.90 Å². The van der Waals surface area contributed by atoms with Crippen LogP contribution in [-0.2, 0) is 20.9 Å². The van der Waals surface area contributed by atoms with E-state index in [2.05, 4.69) is 17.0 Å².